The standard InChI is InChI=1S/C17H31NO2/c1-2-14-9-11-17(20,12-10-14)13-18-16(19)15-7-5-3-4-6-8-15/h14-15,20H,2-13H2,1H3,(H,18,19). The summed E-state index contributed by atoms with van der Waals surface area (Å²) in [6.45, 7) is 2.68. The van der Waals surface area contributed by atoms with Gasteiger partial charge in [-0.25, -0.2) is 0 Å². The Labute approximate surface area is 123 Å². The number of carbonyl (C=O) groups excluding carboxylic acids is 1. The monoisotopic (exact) mass is 281 g/mol. The minimum absolute atomic E-state index is 0.179. The Morgan fingerprint density at radius 3 is 2.25 bits per heavy atom. The Kier molecular flexibility index (Phi) is 5.88. The maximum atomic E-state index is 12.2. The summed E-state index contributed by atoms with van der Waals surface area (Å²) >= 11 is 0. The predicted octanol–water partition coefficient (Wildman–Crippen LogP) is 3.40. The first-order valence-corrected chi connectivity index (χ1v) is 8.63. The zero-order chi connectivity index (χ0) is 14.4. The third kappa shape index (κ3) is 4.47. The molecule has 2 saturated carbocycles. The van der Waals surface area contributed by atoms with Crippen LogP contribution < -0.4 is 5.32 Å². The summed E-state index contributed by atoms with van der Waals surface area (Å²) in [7, 11) is 0. The molecule has 2 rings (SSSR count). The topological polar surface area (TPSA) is 49.3 Å². The molecule has 0 heterocycles. The van der Waals surface area contributed by atoms with E-state index in [2.05, 4.69) is 12.2 Å². The molecule has 0 saturated heterocycles. The van der Waals surface area contributed by atoms with Crippen LogP contribution in [-0.4, -0.2) is 23.2 Å². The molecular weight excluding hydrogens is 250 g/mol. The highest BCUT2D eigenvalue weighted by Crippen LogP contribution is 2.33. The van der Waals surface area contributed by atoms with E-state index < -0.39 is 5.60 Å². The van der Waals surface area contributed by atoms with Gasteiger partial charge in [-0.3, -0.25) is 4.79 Å². The fraction of sp³-hybridized carbons (Fsp3) is 0.941. The fourth-order valence-corrected chi connectivity index (χ4v) is 3.74. The predicted molar refractivity (Wildman–Crippen MR) is 81.4 cm³/mol. The van der Waals surface area contributed by atoms with E-state index in [-0.39, 0.29) is 11.8 Å². The summed E-state index contributed by atoms with van der Waals surface area (Å²) in [5, 5.41) is 13.6. The van der Waals surface area contributed by atoms with E-state index in [1.165, 1.54) is 32.1 Å². The van der Waals surface area contributed by atoms with Crippen LogP contribution in [0, 0.1) is 11.8 Å². The lowest BCUT2D eigenvalue weighted by Crippen LogP contribution is -2.46. The second-order valence-electron chi connectivity index (χ2n) is 6.98. The molecule has 0 aromatic carbocycles. The maximum absolute atomic E-state index is 12.2. The molecule has 20 heavy (non-hydrogen) atoms. The van der Waals surface area contributed by atoms with Gasteiger partial charge in [0.15, 0.2) is 0 Å². The van der Waals surface area contributed by atoms with Crippen molar-refractivity contribution in [2.75, 3.05) is 6.54 Å². The smallest absolute Gasteiger partial charge is 0.223 e. The molecular formula is C17H31NO2. The largest absolute Gasteiger partial charge is 0.388 e. The van der Waals surface area contributed by atoms with Crippen LogP contribution in [-0.2, 0) is 4.79 Å². The second kappa shape index (κ2) is 7.44. The SMILES string of the molecule is CCC1CCC(O)(CNC(=O)C2CCCCCC2)CC1. The molecule has 2 aliphatic rings. The van der Waals surface area contributed by atoms with Gasteiger partial charge in [0.25, 0.3) is 0 Å². The van der Waals surface area contributed by atoms with E-state index in [9.17, 15) is 9.90 Å². The zero-order valence-corrected chi connectivity index (χ0v) is 13.0. The van der Waals surface area contributed by atoms with Crippen LogP contribution in [0.2, 0.25) is 0 Å². The van der Waals surface area contributed by atoms with Gasteiger partial charge < -0.3 is 10.4 Å². The number of amides is 1. The van der Waals surface area contributed by atoms with Crippen LogP contribution in [0.3, 0.4) is 0 Å². The van der Waals surface area contributed by atoms with Gasteiger partial charge in [-0.2, -0.15) is 0 Å². The molecule has 2 N–H and O–H groups in total. The fourth-order valence-electron chi connectivity index (χ4n) is 3.74. The first-order chi connectivity index (χ1) is 9.63. The average Bonchev–Trinajstić information content (AvgIpc) is 2.75. The van der Waals surface area contributed by atoms with Gasteiger partial charge in [0.1, 0.15) is 0 Å². The minimum atomic E-state index is -0.647. The van der Waals surface area contributed by atoms with Crippen molar-refractivity contribution in [2.24, 2.45) is 11.8 Å². The summed E-state index contributed by atoms with van der Waals surface area (Å²) in [6.07, 6.45) is 12.1. The second-order valence-corrected chi connectivity index (χ2v) is 6.98. The number of hydrogen-bond acceptors (Lipinski definition) is 2. The van der Waals surface area contributed by atoms with Gasteiger partial charge in [0.05, 0.1) is 5.60 Å². The third-order valence-corrected chi connectivity index (χ3v) is 5.43. The highest BCUT2D eigenvalue weighted by atomic mass is 16.3. The molecule has 0 bridgehead atoms. The van der Waals surface area contributed by atoms with Crippen LogP contribution in [0.4, 0.5) is 0 Å². The number of hydrogen-bond donors (Lipinski definition) is 2. The zero-order valence-electron chi connectivity index (χ0n) is 13.0. The van der Waals surface area contributed by atoms with Crippen molar-refractivity contribution in [1.82, 2.24) is 5.32 Å². The number of carbonyl (C=O) groups is 1. The summed E-state index contributed by atoms with van der Waals surface area (Å²) < 4.78 is 0. The minimum Gasteiger partial charge on any atom is -0.388 e. The Morgan fingerprint density at radius 1 is 1.10 bits per heavy atom. The third-order valence-electron chi connectivity index (χ3n) is 5.43. The molecule has 2 fully saturated rings. The average molecular weight is 281 g/mol. The van der Waals surface area contributed by atoms with Gasteiger partial charge in [-0.1, -0.05) is 39.0 Å². The normalized spacial score (nSPS) is 32.6. The Bertz CT molecular complexity index is 300. The first kappa shape index (κ1) is 15.8. The molecule has 0 aromatic rings. The number of rotatable bonds is 4. The molecule has 116 valence electrons. The van der Waals surface area contributed by atoms with Crippen LogP contribution >= 0.6 is 0 Å². The molecule has 0 aromatic heterocycles. The summed E-state index contributed by atoms with van der Waals surface area (Å²) in [6, 6.07) is 0. The molecule has 2 aliphatic carbocycles. The molecule has 3 nitrogen and oxygen atoms in total. The van der Waals surface area contributed by atoms with Crippen molar-refractivity contribution in [3.63, 3.8) is 0 Å². The van der Waals surface area contributed by atoms with Gasteiger partial charge in [0.2, 0.25) is 5.91 Å². The van der Waals surface area contributed by atoms with Crippen molar-refractivity contribution in [3.05, 3.63) is 0 Å². The van der Waals surface area contributed by atoms with E-state index in [0.717, 1.165) is 44.4 Å². The van der Waals surface area contributed by atoms with Crippen molar-refractivity contribution in [2.45, 2.75) is 83.2 Å². The van der Waals surface area contributed by atoms with E-state index in [1.54, 1.807) is 0 Å². The lowest BCUT2D eigenvalue weighted by Gasteiger charge is -2.36. The van der Waals surface area contributed by atoms with Crippen LogP contribution in [0.25, 0.3) is 0 Å². The number of aliphatic hydroxyl groups is 1. The van der Waals surface area contributed by atoms with E-state index in [4.69, 9.17) is 0 Å². The lowest BCUT2D eigenvalue weighted by atomic mass is 9.78. The summed E-state index contributed by atoms with van der Waals surface area (Å²) in [5.74, 6) is 1.14. The van der Waals surface area contributed by atoms with Crippen molar-refractivity contribution in [1.29, 1.82) is 0 Å². The summed E-state index contributed by atoms with van der Waals surface area (Å²) in [4.78, 5) is 12.2. The van der Waals surface area contributed by atoms with Crippen molar-refractivity contribution in [3.8, 4) is 0 Å². The molecule has 0 radical (unpaired) electrons. The van der Waals surface area contributed by atoms with Crippen LogP contribution in [0.15, 0.2) is 0 Å². The highest BCUT2D eigenvalue weighted by Gasteiger charge is 2.33. The Hall–Kier alpha value is -0.570. The number of nitrogens with one attached hydrogen (secondary N) is 1. The summed E-state index contributed by atoms with van der Waals surface area (Å²) in [5.41, 5.74) is -0.647. The molecule has 0 atom stereocenters. The maximum Gasteiger partial charge on any atom is 0.223 e. The first-order valence-electron chi connectivity index (χ1n) is 8.63. The Balaban J connectivity index is 1.74. The van der Waals surface area contributed by atoms with Gasteiger partial charge >= 0.3 is 0 Å². The van der Waals surface area contributed by atoms with Crippen molar-refractivity contribution < 1.29 is 9.90 Å². The van der Waals surface area contributed by atoms with Gasteiger partial charge in [0, 0.05) is 12.5 Å². The van der Waals surface area contributed by atoms with Crippen molar-refractivity contribution >= 4 is 5.91 Å². The van der Waals surface area contributed by atoms with Crippen LogP contribution in [0.5, 0.6) is 0 Å². The van der Waals surface area contributed by atoms with E-state index >= 15 is 0 Å². The molecule has 3 heteroatoms. The molecule has 0 unspecified atom stereocenters. The van der Waals surface area contributed by atoms with E-state index in [0.29, 0.717) is 6.54 Å². The molecule has 0 spiro atoms. The highest BCUT2D eigenvalue weighted by molar-refractivity contribution is 5.78. The van der Waals surface area contributed by atoms with Gasteiger partial charge in [-0.05, 0) is 44.4 Å². The Morgan fingerprint density at radius 2 is 1.70 bits per heavy atom. The molecule has 0 aliphatic heterocycles. The quantitative estimate of drug-likeness (QED) is 0.776. The van der Waals surface area contributed by atoms with Gasteiger partial charge in [-0.15, -0.1) is 0 Å². The molecule has 1 amide bonds. The van der Waals surface area contributed by atoms with E-state index in [1.807, 2.05) is 0 Å². The lowest BCUT2D eigenvalue weighted by molar-refractivity contribution is -0.127. The van der Waals surface area contributed by atoms with Crippen LogP contribution in [0.1, 0.15) is 77.6 Å².